The van der Waals surface area contributed by atoms with Gasteiger partial charge in [0, 0.05) is 16.5 Å². The normalized spacial score (nSPS) is 17.9. The average Bonchev–Trinajstić information content (AvgIpc) is 2.34. The number of amides is 1. The van der Waals surface area contributed by atoms with E-state index in [2.05, 4.69) is 10.6 Å². The van der Waals surface area contributed by atoms with Gasteiger partial charge < -0.3 is 15.7 Å². The second-order valence-electron chi connectivity index (χ2n) is 5.01. The van der Waals surface area contributed by atoms with Crippen molar-refractivity contribution in [1.29, 1.82) is 0 Å². The Hall–Kier alpha value is -1.59. The highest BCUT2D eigenvalue weighted by molar-refractivity contribution is 6.31. The molecule has 1 saturated heterocycles. The SMILES string of the molecule is CC(C(=O)N[C@@H](C(=O)O)c1ccccc1Cl)C1CNC1. The van der Waals surface area contributed by atoms with Crippen LogP contribution in [0.2, 0.25) is 5.02 Å². The molecule has 1 unspecified atom stereocenters. The van der Waals surface area contributed by atoms with Gasteiger partial charge in [-0.05, 0) is 25.1 Å². The summed E-state index contributed by atoms with van der Waals surface area (Å²) in [6, 6.07) is 5.51. The highest BCUT2D eigenvalue weighted by Crippen LogP contribution is 2.24. The van der Waals surface area contributed by atoms with Crippen LogP contribution in [0.3, 0.4) is 0 Å². The minimum Gasteiger partial charge on any atom is -0.479 e. The van der Waals surface area contributed by atoms with Crippen LogP contribution in [0, 0.1) is 11.8 Å². The van der Waals surface area contributed by atoms with Crippen LogP contribution < -0.4 is 10.6 Å². The minimum absolute atomic E-state index is 0.222. The van der Waals surface area contributed by atoms with Gasteiger partial charge >= 0.3 is 5.97 Å². The van der Waals surface area contributed by atoms with E-state index in [0.29, 0.717) is 10.6 Å². The van der Waals surface area contributed by atoms with E-state index in [4.69, 9.17) is 11.6 Å². The van der Waals surface area contributed by atoms with Gasteiger partial charge in [-0.15, -0.1) is 0 Å². The average molecular weight is 297 g/mol. The zero-order valence-electron chi connectivity index (χ0n) is 11.1. The van der Waals surface area contributed by atoms with Crippen molar-refractivity contribution in [3.8, 4) is 0 Å². The first kappa shape index (κ1) is 14.8. The summed E-state index contributed by atoms with van der Waals surface area (Å²) in [5.41, 5.74) is 0.397. The van der Waals surface area contributed by atoms with Gasteiger partial charge in [-0.25, -0.2) is 4.79 Å². The first-order valence-corrected chi connectivity index (χ1v) is 6.87. The van der Waals surface area contributed by atoms with Crippen molar-refractivity contribution in [2.24, 2.45) is 11.8 Å². The summed E-state index contributed by atoms with van der Waals surface area (Å²) >= 11 is 6.00. The quantitative estimate of drug-likeness (QED) is 0.768. The summed E-state index contributed by atoms with van der Waals surface area (Å²) in [5.74, 6) is -1.34. The second-order valence-corrected chi connectivity index (χ2v) is 5.42. The van der Waals surface area contributed by atoms with Gasteiger partial charge in [-0.2, -0.15) is 0 Å². The van der Waals surface area contributed by atoms with Gasteiger partial charge in [0.2, 0.25) is 5.91 Å². The molecule has 0 saturated carbocycles. The zero-order valence-corrected chi connectivity index (χ0v) is 11.9. The van der Waals surface area contributed by atoms with Crippen molar-refractivity contribution < 1.29 is 14.7 Å². The van der Waals surface area contributed by atoms with Crippen LogP contribution in [0.15, 0.2) is 24.3 Å². The lowest BCUT2D eigenvalue weighted by molar-refractivity contribution is -0.143. The predicted octanol–water partition coefficient (Wildman–Crippen LogP) is 1.44. The highest BCUT2D eigenvalue weighted by Gasteiger charge is 2.32. The summed E-state index contributed by atoms with van der Waals surface area (Å²) in [4.78, 5) is 23.5. The Morgan fingerprint density at radius 3 is 2.55 bits per heavy atom. The highest BCUT2D eigenvalue weighted by atomic mass is 35.5. The molecule has 0 bridgehead atoms. The number of carbonyl (C=O) groups is 2. The third-order valence-corrected chi connectivity index (χ3v) is 4.03. The molecule has 2 rings (SSSR count). The summed E-state index contributed by atoms with van der Waals surface area (Å²) in [6.07, 6.45) is 0. The van der Waals surface area contributed by atoms with Crippen molar-refractivity contribution >= 4 is 23.5 Å². The monoisotopic (exact) mass is 296 g/mol. The third-order valence-electron chi connectivity index (χ3n) is 3.68. The molecule has 0 aromatic heterocycles. The molecule has 5 nitrogen and oxygen atoms in total. The van der Waals surface area contributed by atoms with Gasteiger partial charge in [0.15, 0.2) is 6.04 Å². The molecule has 108 valence electrons. The Labute approximate surface area is 122 Å². The zero-order chi connectivity index (χ0) is 14.7. The molecule has 1 aromatic rings. The molecule has 2 atom stereocenters. The van der Waals surface area contributed by atoms with E-state index in [0.717, 1.165) is 13.1 Å². The van der Waals surface area contributed by atoms with E-state index in [-0.39, 0.29) is 17.7 Å². The molecular formula is C14H17ClN2O3. The van der Waals surface area contributed by atoms with Crippen LogP contribution in [-0.4, -0.2) is 30.1 Å². The predicted molar refractivity (Wildman–Crippen MR) is 75.5 cm³/mol. The van der Waals surface area contributed by atoms with Crippen LogP contribution >= 0.6 is 11.6 Å². The number of carboxylic acid groups (broad SMARTS) is 1. The summed E-state index contributed by atoms with van der Waals surface area (Å²) in [6.45, 7) is 3.39. The molecule has 1 heterocycles. The minimum atomic E-state index is -1.12. The van der Waals surface area contributed by atoms with E-state index in [1.165, 1.54) is 0 Å². The Bertz CT molecular complexity index is 517. The summed E-state index contributed by atoms with van der Waals surface area (Å²) < 4.78 is 0. The largest absolute Gasteiger partial charge is 0.479 e. The van der Waals surface area contributed by atoms with Crippen molar-refractivity contribution in [2.45, 2.75) is 13.0 Å². The molecule has 1 aliphatic heterocycles. The van der Waals surface area contributed by atoms with E-state index >= 15 is 0 Å². The van der Waals surface area contributed by atoms with E-state index < -0.39 is 12.0 Å². The number of rotatable bonds is 5. The van der Waals surface area contributed by atoms with Gasteiger partial charge in [0.1, 0.15) is 0 Å². The first-order chi connectivity index (χ1) is 9.50. The summed E-state index contributed by atoms with van der Waals surface area (Å²) in [5, 5.41) is 15.3. The Balaban J connectivity index is 2.12. The van der Waals surface area contributed by atoms with Gasteiger partial charge in [0.05, 0.1) is 0 Å². The van der Waals surface area contributed by atoms with Gasteiger partial charge in [-0.3, -0.25) is 4.79 Å². The number of hydrogen-bond acceptors (Lipinski definition) is 3. The maximum Gasteiger partial charge on any atom is 0.330 e. The molecule has 1 aromatic carbocycles. The van der Waals surface area contributed by atoms with Crippen LogP contribution in [0.1, 0.15) is 18.5 Å². The fraction of sp³-hybridized carbons (Fsp3) is 0.429. The molecule has 0 radical (unpaired) electrons. The molecule has 0 aliphatic carbocycles. The Morgan fingerprint density at radius 2 is 2.05 bits per heavy atom. The third kappa shape index (κ3) is 3.11. The fourth-order valence-electron chi connectivity index (χ4n) is 2.13. The lowest BCUT2D eigenvalue weighted by Gasteiger charge is -2.32. The maximum absolute atomic E-state index is 12.1. The van der Waals surface area contributed by atoms with E-state index in [1.54, 1.807) is 24.3 Å². The lowest BCUT2D eigenvalue weighted by atomic mass is 9.88. The molecule has 0 spiro atoms. The van der Waals surface area contributed by atoms with Crippen LogP contribution in [0.5, 0.6) is 0 Å². The maximum atomic E-state index is 12.1. The number of benzene rings is 1. The lowest BCUT2D eigenvalue weighted by Crippen LogP contribution is -2.50. The van der Waals surface area contributed by atoms with Crippen LogP contribution in [-0.2, 0) is 9.59 Å². The number of aliphatic carboxylic acids is 1. The fourth-order valence-corrected chi connectivity index (χ4v) is 2.38. The molecule has 1 aliphatic rings. The first-order valence-electron chi connectivity index (χ1n) is 6.49. The molecule has 20 heavy (non-hydrogen) atoms. The van der Waals surface area contributed by atoms with Crippen molar-refractivity contribution in [3.05, 3.63) is 34.9 Å². The smallest absolute Gasteiger partial charge is 0.330 e. The molecule has 1 amide bonds. The molecule has 3 N–H and O–H groups in total. The van der Waals surface area contributed by atoms with Crippen LogP contribution in [0.25, 0.3) is 0 Å². The number of carboxylic acids is 1. The standard InChI is InChI=1S/C14H17ClN2O3/c1-8(9-6-16-7-9)13(18)17-12(14(19)20)10-4-2-3-5-11(10)15/h2-5,8-9,12,16H,6-7H2,1H3,(H,17,18)(H,19,20)/t8?,12-/m1/s1. The molecular weight excluding hydrogens is 280 g/mol. The number of hydrogen-bond donors (Lipinski definition) is 3. The van der Waals surface area contributed by atoms with Crippen molar-refractivity contribution in [1.82, 2.24) is 10.6 Å². The van der Waals surface area contributed by atoms with Gasteiger partial charge in [-0.1, -0.05) is 36.7 Å². The van der Waals surface area contributed by atoms with E-state index in [1.807, 2.05) is 6.92 Å². The van der Waals surface area contributed by atoms with Crippen molar-refractivity contribution in [2.75, 3.05) is 13.1 Å². The van der Waals surface area contributed by atoms with Crippen molar-refractivity contribution in [3.63, 3.8) is 0 Å². The number of nitrogens with one attached hydrogen (secondary N) is 2. The second kappa shape index (κ2) is 6.24. The number of halogens is 1. The van der Waals surface area contributed by atoms with E-state index in [9.17, 15) is 14.7 Å². The number of carbonyl (C=O) groups excluding carboxylic acids is 1. The van der Waals surface area contributed by atoms with Gasteiger partial charge in [0.25, 0.3) is 0 Å². The Morgan fingerprint density at radius 1 is 1.40 bits per heavy atom. The van der Waals surface area contributed by atoms with Crippen LogP contribution in [0.4, 0.5) is 0 Å². The molecule has 1 fully saturated rings. The Kier molecular flexibility index (Phi) is 4.62. The molecule has 6 heteroatoms. The topological polar surface area (TPSA) is 78.4 Å². The summed E-state index contributed by atoms with van der Waals surface area (Å²) in [7, 11) is 0.